The van der Waals surface area contributed by atoms with E-state index in [1.807, 2.05) is 4.90 Å². The molecular weight excluding hydrogens is 228 g/mol. The summed E-state index contributed by atoms with van der Waals surface area (Å²) in [4.78, 5) is 17.5. The van der Waals surface area contributed by atoms with Crippen molar-refractivity contribution in [2.75, 3.05) is 18.0 Å². The fourth-order valence-electron chi connectivity index (χ4n) is 1.75. The summed E-state index contributed by atoms with van der Waals surface area (Å²) in [5.74, 6) is 0.476. The van der Waals surface area contributed by atoms with Crippen LogP contribution in [-0.4, -0.2) is 24.0 Å². The average Bonchev–Trinajstić information content (AvgIpc) is 2.34. The zero-order valence-corrected chi connectivity index (χ0v) is 10.8. The first-order valence-corrected chi connectivity index (χ1v) is 5.93. The lowest BCUT2D eigenvalue weighted by molar-refractivity contribution is 0.100. The number of pyridine rings is 1. The van der Waals surface area contributed by atoms with Crippen LogP contribution in [0.1, 0.15) is 30.6 Å². The number of nitriles is 1. The summed E-state index contributed by atoms with van der Waals surface area (Å²) in [6, 6.07) is 5.44. The number of rotatable bonds is 6. The maximum Gasteiger partial charge on any atom is 0.252 e. The predicted molar refractivity (Wildman–Crippen MR) is 70.0 cm³/mol. The van der Waals surface area contributed by atoms with Gasteiger partial charge in [-0.2, -0.15) is 5.26 Å². The van der Waals surface area contributed by atoms with Gasteiger partial charge in [-0.15, -0.1) is 0 Å². The molecule has 0 saturated carbocycles. The number of primary amides is 1. The van der Waals surface area contributed by atoms with Crippen LogP contribution < -0.4 is 10.6 Å². The molecular formula is C13H18N4O. The Morgan fingerprint density at radius 3 is 2.89 bits per heavy atom. The van der Waals surface area contributed by atoms with Crippen LogP contribution in [0.4, 0.5) is 5.82 Å². The predicted octanol–water partition coefficient (Wildman–Crippen LogP) is 1.56. The Hall–Kier alpha value is -2.09. The van der Waals surface area contributed by atoms with Gasteiger partial charge in [0, 0.05) is 19.3 Å². The number of nitrogens with zero attached hydrogens (tertiary/aromatic N) is 3. The van der Waals surface area contributed by atoms with Gasteiger partial charge in [0.25, 0.3) is 5.91 Å². The molecule has 1 aromatic heterocycles. The molecule has 1 rings (SSSR count). The fourth-order valence-corrected chi connectivity index (χ4v) is 1.75. The molecule has 0 aliphatic heterocycles. The highest BCUT2D eigenvalue weighted by molar-refractivity contribution is 5.97. The quantitative estimate of drug-likeness (QED) is 0.825. The van der Waals surface area contributed by atoms with E-state index in [0.717, 1.165) is 6.54 Å². The van der Waals surface area contributed by atoms with Gasteiger partial charge >= 0.3 is 0 Å². The molecule has 2 N–H and O–H groups in total. The molecule has 1 heterocycles. The molecule has 96 valence electrons. The second-order valence-electron chi connectivity index (χ2n) is 4.49. The Kier molecular flexibility index (Phi) is 5.12. The summed E-state index contributed by atoms with van der Waals surface area (Å²) >= 11 is 0. The molecule has 0 fully saturated rings. The van der Waals surface area contributed by atoms with E-state index in [1.165, 1.54) is 0 Å². The summed E-state index contributed by atoms with van der Waals surface area (Å²) in [6.07, 6.45) is 2.02. The van der Waals surface area contributed by atoms with Crippen molar-refractivity contribution in [1.29, 1.82) is 5.26 Å². The topological polar surface area (TPSA) is 83.0 Å². The molecule has 0 aliphatic rings. The molecule has 0 spiro atoms. The first kappa shape index (κ1) is 14.0. The van der Waals surface area contributed by atoms with Gasteiger partial charge in [0.2, 0.25) is 0 Å². The molecule has 0 unspecified atom stereocenters. The van der Waals surface area contributed by atoms with Gasteiger partial charge in [0.15, 0.2) is 0 Å². The largest absolute Gasteiger partial charge is 0.365 e. The lowest BCUT2D eigenvalue weighted by Gasteiger charge is -2.26. The highest BCUT2D eigenvalue weighted by Crippen LogP contribution is 2.18. The van der Waals surface area contributed by atoms with Gasteiger partial charge in [0.05, 0.1) is 18.1 Å². The minimum Gasteiger partial charge on any atom is -0.365 e. The highest BCUT2D eigenvalue weighted by atomic mass is 16.1. The van der Waals surface area contributed by atoms with Crippen LogP contribution in [0.25, 0.3) is 0 Å². The van der Waals surface area contributed by atoms with Gasteiger partial charge in [-0.1, -0.05) is 13.8 Å². The van der Waals surface area contributed by atoms with E-state index in [4.69, 9.17) is 11.0 Å². The molecule has 0 atom stereocenters. The normalized spacial score (nSPS) is 10.1. The van der Waals surface area contributed by atoms with Crippen molar-refractivity contribution in [3.8, 4) is 6.07 Å². The van der Waals surface area contributed by atoms with E-state index in [1.54, 1.807) is 18.3 Å². The van der Waals surface area contributed by atoms with Crippen LogP contribution in [0.15, 0.2) is 18.3 Å². The van der Waals surface area contributed by atoms with E-state index in [0.29, 0.717) is 30.3 Å². The third kappa shape index (κ3) is 3.74. The van der Waals surface area contributed by atoms with Crippen molar-refractivity contribution in [2.24, 2.45) is 11.7 Å². The van der Waals surface area contributed by atoms with Crippen molar-refractivity contribution in [2.45, 2.75) is 20.3 Å². The van der Waals surface area contributed by atoms with Crippen LogP contribution in [0, 0.1) is 17.2 Å². The number of amides is 1. The summed E-state index contributed by atoms with van der Waals surface area (Å²) < 4.78 is 0. The van der Waals surface area contributed by atoms with E-state index < -0.39 is 5.91 Å². The van der Waals surface area contributed by atoms with Crippen LogP contribution >= 0.6 is 0 Å². The van der Waals surface area contributed by atoms with E-state index in [9.17, 15) is 4.79 Å². The minimum absolute atomic E-state index is 0.390. The molecule has 0 aliphatic carbocycles. The molecule has 0 radical (unpaired) electrons. The van der Waals surface area contributed by atoms with Gasteiger partial charge in [-0.25, -0.2) is 4.98 Å². The monoisotopic (exact) mass is 246 g/mol. The Labute approximate surface area is 107 Å². The Morgan fingerprint density at radius 2 is 2.33 bits per heavy atom. The molecule has 18 heavy (non-hydrogen) atoms. The zero-order chi connectivity index (χ0) is 13.5. The maximum atomic E-state index is 11.4. The number of hydrogen-bond acceptors (Lipinski definition) is 4. The zero-order valence-electron chi connectivity index (χ0n) is 10.8. The van der Waals surface area contributed by atoms with E-state index in [-0.39, 0.29) is 0 Å². The standard InChI is InChI=1S/C13H18N4O/c1-10(2)9-17(8-4-6-14)13-11(12(15)18)5-3-7-16-13/h3,5,7,10H,4,8-9H2,1-2H3,(H2,15,18). The molecule has 5 heteroatoms. The third-order valence-corrected chi connectivity index (χ3v) is 2.43. The van der Waals surface area contributed by atoms with E-state index in [2.05, 4.69) is 24.9 Å². The molecule has 5 nitrogen and oxygen atoms in total. The number of anilines is 1. The lowest BCUT2D eigenvalue weighted by Crippen LogP contribution is -2.31. The Bertz CT molecular complexity index is 451. The second-order valence-corrected chi connectivity index (χ2v) is 4.49. The number of aromatic nitrogens is 1. The first-order valence-electron chi connectivity index (χ1n) is 5.93. The summed E-state index contributed by atoms with van der Waals surface area (Å²) in [6.45, 7) is 5.43. The first-order chi connectivity index (χ1) is 8.56. The minimum atomic E-state index is -0.496. The molecule has 0 saturated heterocycles. The van der Waals surface area contributed by atoms with Crippen molar-refractivity contribution in [3.63, 3.8) is 0 Å². The highest BCUT2D eigenvalue weighted by Gasteiger charge is 2.16. The van der Waals surface area contributed by atoms with E-state index >= 15 is 0 Å². The number of hydrogen-bond donors (Lipinski definition) is 1. The van der Waals surface area contributed by atoms with Crippen LogP contribution in [0.5, 0.6) is 0 Å². The molecule has 1 amide bonds. The SMILES string of the molecule is CC(C)CN(CCC#N)c1ncccc1C(N)=O. The fraction of sp³-hybridized carbons (Fsp3) is 0.462. The maximum absolute atomic E-state index is 11.4. The van der Waals surface area contributed by atoms with Crippen LogP contribution in [-0.2, 0) is 0 Å². The van der Waals surface area contributed by atoms with Gasteiger partial charge in [-0.3, -0.25) is 4.79 Å². The lowest BCUT2D eigenvalue weighted by atomic mass is 10.1. The average molecular weight is 246 g/mol. The van der Waals surface area contributed by atoms with Gasteiger partial charge in [0.1, 0.15) is 5.82 Å². The summed E-state index contributed by atoms with van der Waals surface area (Å²) in [5.41, 5.74) is 5.74. The third-order valence-electron chi connectivity index (χ3n) is 2.43. The summed E-state index contributed by atoms with van der Waals surface area (Å²) in [5, 5.41) is 8.69. The van der Waals surface area contributed by atoms with Crippen molar-refractivity contribution in [3.05, 3.63) is 23.9 Å². The molecule has 0 aromatic carbocycles. The number of carbonyl (C=O) groups excluding carboxylic acids is 1. The Morgan fingerprint density at radius 1 is 1.61 bits per heavy atom. The second kappa shape index (κ2) is 6.60. The molecule has 0 bridgehead atoms. The Balaban J connectivity index is 3.04. The number of nitrogens with two attached hydrogens (primary N) is 1. The van der Waals surface area contributed by atoms with Crippen molar-refractivity contribution < 1.29 is 4.79 Å². The smallest absolute Gasteiger partial charge is 0.252 e. The van der Waals surface area contributed by atoms with Crippen molar-refractivity contribution >= 4 is 11.7 Å². The molecule has 1 aromatic rings. The van der Waals surface area contributed by atoms with Crippen LogP contribution in [0.2, 0.25) is 0 Å². The van der Waals surface area contributed by atoms with Gasteiger partial charge in [-0.05, 0) is 18.1 Å². The summed E-state index contributed by atoms with van der Waals surface area (Å²) in [7, 11) is 0. The van der Waals surface area contributed by atoms with Crippen molar-refractivity contribution in [1.82, 2.24) is 4.98 Å². The van der Waals surface area contributed by atoms with Crippen LogP contribution in [0.3, 0.4) is 0 Å². The number of carbonyl (C=O) groups is 1. The van der Waals surface area contributed by atoms with Gasteiger partial charge < -0.3 is 10.6 Å².